The quantitative estimate of drug-likeness (QED) is 0.839. The first-order valence-corrected chi connectivity index (χ1v) is 7.52. The molecule has 0 aliphatic carbocycles. The molecule has 7 nitrogen and oxygen atoms in total. The van der Waals surface area contributed by atoms with E-state index in [1.54, 1.807) is 0 Å². The van der Waals surface area contributed by atoms with E-state index in [-0.39, 0.29) is 5.41 Å². The van der Waals surface area contributed by atoms with Gasteiger partial charge in [-0.05, 0) is 6.92 Å². The molecule has 2 aromatic rings. The normalized spacial score (nSPS) is 12.1. The van der Waals surface area contributed by atoms with Crippen LogP contribution in [0.3, 0.4) is 0 Å². The summed E-state index contributed by atoms with van der Waals surface area (Å²) in [5.41, 5.74) is 5.52. The van der Waals surface area contributed by atoms with Crippen LogP contribution in [0.15, 0.2) is 9.68 Å². The predicted octanol–water partition coefficient (Wildman–Crippen LogP) is 1.73. The van der Waals surface area contributed by atoms with E-state index in [9.17, 15) is 0 Å². The molecule has 2 aromatic heterocycles. The molecule has 2 N–H and O–H groups in total. The lowest BCUT2D eigenvalue weighted by Crippen LogP contribution is -2.13. The van der Waals surface area contributed by atoms with Gasteiger partial charge in [-0.25, -0.2) is 0 Å². The molecule has 8 heteroatoms. The fourth-order valence-corrected chi connectivity index (χ4v) is 2.50. The lowest BCUT2D eigenvalue weighted by Gasteiger charge is -2.10. The highest BCUT2D eigenvalue weighted by molar-refractivity contribution is 7.98. The summed E-state index contributed by atoms with van der Waals surface area (Å²) >= 11 is 1.52. The van der Waals surface area contributed by atoms with E-state index in [2.05, 4.69) is 41.1 Å². The summed E-state index contributed by atoms with van der Waals surface area (Å²) < 4.78 is 7.25. The summed E-state index contributed by atoms with van der Waals surface area (Å²) in [6.45, 7) is 9.37. The maximum Gasteiger partial charge on any atom is 0.237 e. The molecule has 0 aliphatic heterocycles. The van der Waals surface area contributed by atoms with Crippen LogP contribution in [0, 0.1) is 0 Å². The monoisotopic (exact) mass is 296 g/mol. The Morgan fingerprint density at radius 2 is 2.05 bits per heavy atom. The molecule has 0 atom stereocenters. The minimum Gasteiger partial charge on any atom is -0.338 e. The van der Waals surface area contributed by atoms with Crippen LogP contribution in [0.25, 0.3) is 0 Å². The van der Waals surface area contributed by atoms with E-state index in [0.717, 1.165) is 17.5 Å². The summed E-state index contributed by atoms with van der Waals surface area (Å²) in [7, 11) is 0. The predicted molar refractivity (Wildman–Crippen MR) is 76.1 cm³/mol. The Morgan fingerprint density at radius 1 is 1.30 bits per heavy atom. The first-order valence-electron chi connectivity index (χ1n) is 6.53. The zero-order valence-electron chi connectivity index (χ0n) is 12.3. The highest BCUT2D eigenvalue weighted by atomic mass is 32.2. The second kappa shape index (κ2) is 5.92. The van der Waals surface area contributed by atoms with Crippen molar-refractivity contribution in [3.05, 3.63) is 17.5 Å². The number of nitrogens with zero attached hydrogens (tertiary/aromatic N) is 5. The second-order valence-electron chi connectivity index (χ2n) is 5.40. The summed E-state index contributed by atoms with van der Waals surface area (Å²) in [6, 6.07) is 0. The molecular weight excluding hydrogens is 276 g/mol. The van der Waals surface area contributed by atoms with Gasteiger partial charge in [0.2, 0.25) is 5.89 Å². The summed E-state index contributed by atoms with van der Waals surface area (Å²) in [5.74, 6) is 2.68. The van der Waals surface area contributed by atoms with Gasteiger partial charge in [0.15, 0.2) is 11.0 Å². The maximum atomic E-state index is 5.62. The van der Waals surface area contributed by atoms with E-state index in [0.29, 0.717) is 24.0 Å². The Bertz CT molecular complexity index is 571. The highest BCUT2D eigenvalue weighted by Crippen LogP contribution is 2.23. The van der Waals surface area contributed by atoms with Gasteiger partial charge in [0.05, 0.1) is 12.3 Å². The molecule has 0 spiro atoms. The van der Waals surface area contributed by atoms with Crippen molar-refractivity contribution in [2.45, 2.75) is 57.1 Å². The summed E-state index contributed by atoms with van der Waals surface area (Å²) in [6.07, 6.45) is 0. The zero-order valence-corrected chi connectivity index (χ0v) is 13.1. The van der Waals surface area contributed by atoms with Crippen LogP contribution < -0.4 is 5.73 Å². The Labute approximate surface area is 122 Å². The van der Waals surface area contributed by atoms with Gasteiger partial charge in [0.1, 0.15) is 5.82 Å². The molecular formula is C12H20N6OS. The van der Waals surface area contributed by atoms with Crippen LogP contribution in [-0.4, -0.2) is 24.9 Å². The molecule has 20 heavy (non-hydrogen) atoms. The van der Waals surface area contributed by atoms with E-state index in [1.807, 2.05) is 11.5 Å². The van der Waals surface area contributed by atoms with Crippen LogP contribution >= 0.6 is 11.8 Å². The van der Waals surface area contributed by atoms with Crippen LogP contribution in [0.4, 0.5) is 0 Å². The minimum absolute atomic E-state index is 0.109. The number of hydrogen-bond acceptors (Lipinski definition) is 7. The SMILES string of the molecule is CCn1c(CN)nnc1SCc1nc(C(C)(C)C)no1. The molecule has 2 heterocycles. The Balaban J connectivity index is 2.05. The average molecular weight is 296 g/mol. The maximum absolute atomic E-state index is 5.62. The second-order valence-corrected chi connectivity index (χ2v) is 6.34. The Hall–Kier alpha value is -1.41. The molecule has 0 aliphatic rings. The molecule has 0 fully saturated rings. The Kier molecular flexibility index (Phi) is 4.44. The van der Waals surface area contributed by atoms with Crippen LogP contribution in [-0.2, 0) is 24.3 Å². The van der Waals surface area contributed by atoms with Crippen molar-refractivity contribution in [2.75, 3.05) is 0 Å². The van der Waals surface area contributed by atoms with Gasteiger partial charge in [-0.1, -0.05) is 37.7 Å². The van der Waals surface area contributed by atoms with Gasteiger partial charge in [0, 0.05) is 12.0 Å². The van der Waals surface area contributed by atoms with Gasteiger partial charge in [-0.15, -0.1) is 10.2 Å². The van der Waals surface area contributed by atoms with E-state index < -0.39 is 0 Å². The number of thioether (sulfide) groups is 1. The largest absolute Gasteiger partial charge is 0.338 e. The minimum atomic E-state index is -0.109. The highest BCUT2D eigenvalue weighted by Gasteiger charge is 2.21. The number of aromatic nitrogens is 5. The fraction of sp³-hybridized carbons (Fsp3) is 0.667. The van der Waals surface area contributed by atoms with Gasteiger partial charge >= 0.3 is 0 Å². The summed E-state index contributed by atoms with van der Waals surface area (Å²) in [5, 5.41) is 13.0. The molecule has 110 valence electrons. The lowest BCUT2D eigenvalue weighted by molar-refractivity contribution is 0.372. The molecule has 0 saturated heterocycles. The third kappa shape index (κ3) is 3.18. The fourth-order valence-electron chi connectivity index (χ4n) is 1.64. The van der Waals surface area contributed by atoms with Gasteiger partial charge < -0.3 is 14.8 Å². The topological polar surface area (TPSA) is 95.7 Å². The molecule has 0 unspecified atom stereocenters. The summed E-state index contributed by atoms with van der Waals surface area (Å²) in [4.78, 5) is 4.40. The lowest BCUT2D eigenvalue weighted by atomic mass is 9.96. The van der Waals surface area contributed by atoms with Crippen molar-refractivity contribution < 1.29 is 4.52 Å². The Morgan fingerprint density at radius 3 is 2.60 bits per heavy atom. The van der Waals surface area contributed by atoms with Crippen molar-refractivity contribution >= 4 is 11.8 Å². The third-order valence-electron chi connectivity index (χ3n) is 2.76. The third-order valence-corrected chi connectivity index (χ3v) is 3.71. The van der Waals surface area contributed by atoms with Gasteiger partial charge in [0.25, 0.3) is 0 Å². The van der Waals surface area contributed by atoms with Gasteiger partial charge in [-0.3, -0.25) is 0 Å². The first kappa shape index (κ1) is 15.0. The average Bonchev–Trinajstić information content (AvgIpc) is 3.01. The van der Waals surface area contributed by atoms with Crippen molar-refractivity contribution in [3.8, 4) is 0 Å². The molecule has 0 amide bonds. The zero-order chi connectivity index (χ0) is 14.8. The number of hydrogen-bond donors (Lipinski definition) is 1. The molecule has 2 rings (SSSR count). The number of rotatable bonds is 5. The van der Waals surface area contributed by atoms with E-state index in [4.69, 9.17) is 10.3 Å². The van der Waals surface area contributed by atoms with Crippen LogP contribution in [0.1, 0.15) is 45.2 Å². The van der Waals surface area contributed by atoms with Crippen molar-refractivity contribution in [1.82, 2.24) is 24.9 Å². The van der Waals surface area contributed by atoms with Crippen molar-refractivity contribution in [1.29, 1.82) is 0 Å². The molecule has 0 aromatic carbocycles. The van der Waals surface area contributed by atoms with Gasteiger partial charge in [-0.2, -0.15) is 4.98 Å². The van der Waals surface area contributed by atoms with Crippen LogP contribution in [0.2, 0.25) is 0 Å². The molecule has 0 bridgehead atoms. The van der Waals surface area contributed by atoms with Crippen molar-refractivity contribution in [3.63, 3.8) is 0 Å². The first-order chi connectivity index (χ1) is 9.45. The molecule has 0 saturated carbocycles. The molecule has 0 radical (unpaired) electrons. The van der Waals surface area contributed by atoms with Crippen molar-refractivity contribution in [2.24, 2.45) is 5.73 Å². The van der Waals surface area contributed by atoms with E-state index in [1.165, 1.54) is 11.8 Å². The number of nitrogens with two attached hydrogens (primary N) is 1. The van der Waals surface area contributed by atoms with E-state index >= 15 is 0 Å². The standard InChI is InChI=1S/C12H20N6OS/c1-5-18-8(6-13)15-16-11(18)20-7-9-14-10(17-19-9)12(2,3)4/h5-7,13H2,1-4H3. The smallest absolute Gasteiger partial charge is 0.237 e. The van der Waals surface area contributed by atoms with Crippen LogP contribution in [0.5, 0.6) is 0 Å².